The minimum absolute atomic E-state index is 0.266. The van der Waals surface area contributed by atoms with Gasteiger partial charge in [-0.3, -0.25) is 0 Å². The molecule has 0 N–H and O–H groups in total. The second-order valence-electron chi connectivity index (χ2n) is 2.72. The zero-order valence-corrected chi connectivity index (χ0v) is 8.62. The molecule has 0 spiro atoms. The summed E-state index contributed by atoms with van der Waals surface area (Å²) < 4.78 is 44.1. The van der Waals surface area contributed by atoms with Crippen LogP contribution in [0.4, 0.5) is 17.3 Å². The van der Waals surface area contributed by atoms with Gasteiger partial charge in [0.15, 0.2) is 0 Å². The first-order valence-electron chi connectivity index (χ1n) is 4.39. The van der Waals surface area contributed by atoms with Crippen molar-refractivity contribution in [1.29, 1.82) is 0 Å². The Bertz CT molecular complexity index is 396. The topological polar surface area (TPSA) is 45.6 Å². The van der Waals surface area contributed by atoms with Crippen LogP contribution in [0.1, 0.15) is 6.42 Å². The van der Waals surface area contributed by atoms with Crippen LogP contribution >= 0.6 is 0 Å². The maximum absolute atomic E-state index is 9.75. The van der Waals surface area contributed by atoms with Gasteiger partial charge in [-0.05, 0) is 12.2 Å². The third-order valence-corrected chi connectivity index (χ3v) is 1.40. The highest BCUT2D eigenvalue weighted by atomic mass is 19.5. The van der Waals surface area contributed by atoms with Gasteiger partial charge in [0.1, 0.15) is 12.4 Å². The number of allylic oxidation sites excluding steroid dienone is 3. The number of rotatable bonds is 2. The molecule has 17 heavy (non-hydrogen) atoms. The van der Waals surface area contributed by atoms with E-state index >= 15 is 0 Å². The number of halogens is 4. The standard InChI is InChI=1S/C9H8N2O.BF4/c1-2-7-12-9-5-3-8(11-10)4-6-9;2-1(3,4)5/h1,3,5-6H,4,7H2;/q;-1. The van der Waals surface area contributed by atoms with Crippen molar-refractivity contribution in [3.05, 3.63) is 29.5 Å². The van der Waals surface area contributed by atoms with Gasteiger partial charge < -0.3 is 27.5 Å². The third-order valence-electron chi connectivity index (χ3n) is 1.40. The van der Waals surface area contributed by atoms with E-state index < -0.39 is 7.25 Å². The maximum atomic E-state index is 9.75. The van der Waals surface area contributed by atoms with Crippen molar-refractivity contribution in [2.45, 2.75) is 6.42 Å². The summed E-state index contributed by atoms with van der Waals surface area (Å²) >= 11 is 0. The Morgan fingerprint density at radius 3 is 2.35 bits per heavy atom. The van der Waals surface area contributed by atoms with Gasteiger partial charge in [-0.1, -0.05) is 5.92 Å². The molecule has 0 heterocycles. The molecule has 0 fully saturated rings. The predicted molar refractivity (Wildman–Crippen MR) is 55.4 cm³/mol. The molecule has 0 bridgehead atoms. The van der Waals surface area contributed by atoms with E-state index in [1.165, 1.54) is 0 Å². The Kier molecular flexibility index (Phi) is 6.45. The minimum Gasteiger partial charge on any atom is -0.481 e. The summed E-state index contributed by atoms with van der Waals surface area (Å²) in [6, 6.07) is 0. The van der Waals surface area contributed by atoms with E-state index in [0.717, 1.165) is 5.76 Å². The molecule has 0 aromatic heterocycles. The molecule has 8 heteroatoms. The largest absolute Gasteiger partial charge is 0.673 e. The molecule has 0 radical (unpaired) electrons. The van der Waals surface area contributed by atoms with Crippen LogP contribution in [0.3, 0.4) is 0 Å². The first-order chi connectivity index (χ1) is 7.86. The van der Waals surface area contributed by atoms with E-state index in [9.17, 15) is 17.3 Å². The molecule has 0 amide bonds. The third kappa shape index (κ3) is 10.3. The van der Waals surface area contributed by atoms with Crippen molar-refractivity contribution in [2.75, 3.05) is 6.61 Å². The number of nitrogens with zero attached hydrogens (tertiary/aromatic N) is 2. The Labute approximate surface area is 95.5 Å². The average molecular weight is 247 g/mol. The monoisotopic (exact) mass is 247 g/mol. The lowest BCUT2D eigenvalue weighted by atomic mass is 10.1. The van der Waals surface area contributed by atoms with Gasteiger partial charge >= 0.3 is 7.25 Å². The smallest absolute Gasteiger partial charge is 0.481 e. The number of hydrogen-bond acceptors (Lipinski definition) is 1. The predicted octanol–water partition coefficient (Wildman–Crippen LogP) is 2.45. The number of terminal acetylenes is 1. The van der Waals surface area contributed by atoms with Crippen LogP contribution in [0, 0.1) is 12.3 Å². The maximum Gasteiger partial charge on any atom is 0.673 e. The van der Waals surface area contributed by atoms with Gasteiger partial charge in [-0.25, -0.2) is 0 Å². The van der Waals surface area contributed by atoms with Crippen molar-refractivity contribution in [3.63, 3.8) is 0 Å². The van der Waals surface area contributed by atoms with Crippen LogP contribution < -0.4 is 0 Å². The van der Waals surface area contributed by atoms with E-state index in [1.807, 2.05) is 6.08 Å². The molecule has 1 rings (SSSR count). The second kappa shape index (κ2) is 7.31. The molecule has 3 nitrogen and oxygen atoms in total. The summed E-state index contributed by atoms with van der Waals surface area (Å²) in [5.41, 5.74) is 9.00. The van der Waals surface area contributed by atoms with Gasteiger partial charge in [0, 0.05) is 6.08 Å². The van der Waals surface area contributed by atoms with Gasteiger partial charge in [0.25, 0.3) is 5.71 Å². The molecular formula is C9H8BF4N2O-. The van der Waals surface area contributed by atoms with Crippen molar-refractivity contribution >= 4 is 13.0 Å². The molecular weight excluding hydrogens is 239 g/mol. The Hall–Kier alpha value is -2.00. The molecule has 0 saturated carbocycles. The highest BCUT2D eigenvalue weighted by Gasteiger charge is 2.20. The van der Waals surface area contributed by atoms with Crippen LogP contribution in [-0.2, 0) is 4.74 Å². The first-order valence-corrected chi connectivity index (χ1v) is 4.39. The van der Waals surface area contributed by atoms with Crippen molar-refractivity contribution in [2.24, 2.45) is 0 Å². The van der Waals surface area contributed by atoms with E-state index in [0.29, 0.717) is 12.1 Å². The second-order valence-corrected chi connectivity index (χ2v) is 2.72. The SMILES string of the molecule is C#CCOC1=CCC(=[N+]=[N-])C=C1.F[B-](F)(F)F. The fourth-order valence-corrected chi connectivity index (χ4v) is 0.826. The molecule has 0 unspecified atom stereocenters. The molecule has 92 valence electrons. The molecule has 0 aromatic rings. The lowest BCUT2D eigenvalue weighted by molar-refractivity contribution is -0.00555. The summed E-state index contributed by atoms with van der Waals surface area (Å²) in [5, 5.41) is 0. The van der Waals surface area contributed by atoms with Gasteiger partial charge in [0.2, 0.25) is 0 Å². The van der Waals surface area contributed by atoms with Crippen molar-refractivity contribution in [3.8, 4) is 12.3 Å². The van der Waals surface area contributed by atoms with E-state index in [-0.39, 0.29) is 6.61 Å². The minimum atomic E-state index is -6.00. The molecule has 0 atom stereocenters. The normalized spacial score (nSPS) is 13.8. The highest BCUT2D eigenvalue weighted by Crippen LogP contribution is 2.07. The van der Waals surface area contributed by atoms with Crippen LogP contribution in [0.25, 0.3) is 5.53 Å². The fourth-order valence-electron chi connectivity index (χ4n) is 0.826. The van der Waals surface area contributed by atoms with Crippen LogP contribution in [0.15, 0.2) is 24.0 Å². The van der Waals surface area contributed by atoms with Gasteiger partial charge in [-0.15, -0.1) is 6.42 Å². The first kappa shape index (κ1) is 15.0. The summed E-state index contributed by atoms with van der Waals surface area (Å²) in [7, 11) is -6.00. The summed E-state index contributed by atoms with van der Waals surface area (Å²) in [6.45, 7) is 0.266. The van der Waals surface area contributed by atoms with Crippen LogP contribution in [0.2, 0.25) is 0 Å². The summed E-state index contributed by atoms with van der Waals surface area (Å²) in [5.74, 6) is 3.09. The Morgan fingerprint density at radius 2 is 2.00 bits per heavy atom. The summed E-state index contributed by atoms with van der Waals surface area (Å²) in [4.78, 5) is 3.05. The van der Waals surface area contributed by atoms with Gasteiger partial charge in [0.05, 0.1) is 6.42 Å². The Morgan fingerprint density at radius 1 is 1.41 bits per heavy atom. The van der Waals surface area contributed by atoms with Crippen LogP contribution in [-0.4, -0.2) is 24.4 Å². The van der Waals surface area contributed by atoms with E-state index in [4.69, 9.17) is 16.7 Å². The lowest BCUT2D eigenvalue weighted by Crippen LogP contribution is -2.02. The van der Waals surface area contributed by atoms with Crippen LogP contribution in [0.5, 0.6) is 0 Å². The molecule has 0 aromatic carbocycles. The molecule has 1 aliphatic carbocycles. The molecule has 1 aliphatic rings. The zero-order valence-electron chi connectivity index (χ0n) is 8.62. The number of hydrogen-bond donors (Lipinski definition) is 0. The Balaban J connectivity index is 0.000000437. The van der Waals surface area contributed by atoms with Crippen molar-refractivity contribution < 1.29 is 26.8 Å². The summed E-state index contributed by atoms with van der Waals surface area (Å²) in [6.07, 6.45) is 10.8. The quantitative estimate of drug-likeness (QED) is 0.243. The average Bonchev–Trinajstić information content (AvgIpc) is 2.25. The molecule has 0 saturated heterocycles. The highest BCUT2D eigenvalue weighted by molar-refractivity contribution is 6.50. The van der Waals surface area contributed by atoms with Gasteiger partial charge in [-0.2, -0.15) is 4.79 Å². The lowest BCUT2D eigenvalue weighted by Gasteiger charge is -2.03. The number of ether oxygens (including phenoxy) is 1. The van der Waals surface area contributed by atoms with E-state index in [2.05, 4.69) is 10.7 Å². The fraction of sp³-hybridized carbons (Fsp3) is 0.222. The molecule has 0 aliphatic heterocycles. The van der Waals surface area contributed by atoms with E-state index in [1.54, 1.807) is 12.2 Å². The zero-order chi connectivity index (χ0) is 13.3. The van der Waals surface area contributed by atoms with Crippen molar-refractivity contribution in [1.82, 2.24) is 0 Å².